The van der Waals surface area contributed by atoms with Gasteiger partial charge in [0, 0.05) is 24.4 Å². The van der Waals surface area contributed by atoms with Gasteiger partial charge in [-0.05, 0) is 31.4 Å². The Morgan fingerprint density at radius 1 is 1.53 bits per heavy atom. The molecule has 0 aliphatic heterocycles. The number of carbonyl (C=O) groups excluding carboxylic acids is 1. The number of nitrogens with two attached hydrogens (primary N) is 1. The van der Waals surface area contributed by atoms with Gasteiger partial charge in [-0.3, -0.25) is 9.78 Å². The van der Waals surface area contributed by atoms with Gasteiger partial charge in [-0.15, -0.1) is 0 Å². The summed E-state index contributed by atoms with van der Waals surface area (Å²) < 4.78 is 0. The van der Waals surface area contributed by atoms with Crippen LogP contribution in [-0.2, 0) is 0 Å². The Labute approximate surface area is 111 Å². The van der Waals surface area contributed by atoms with Gasteiger partial charge in [0.05, 0.1) is 5.56 Å². The first kappa shape index (κ1) is 13.3. The number of hydrogen-bond donors (Lipinski definition) is 3. The Morgan fingerprint density at radius 3 is 3.00 bits per heavy atom. The number of hydrogen-bond acceptors (Lipinski definition) is 4. The molecule has 0 spiro atoms. The standard InChI is InChI=1S/C13H18N4O2/c1-8-5-9(7-15-6-8)13(18)16-11-4-2-3-10(11)12(14)17-19/h5-7,10-11,19H,2-4H2,1H3,(H2,14,17)(H,16,18). The van der Waals surface area contributed by atoms with Gasteiger partial charge in [-0.25, -0.2) is 0 Å². The molecule has 0 aromatic carbocycles. The molecule has 1 amide bonds. The fourth-order valence-electron chi connectivity index (χ4n) is 2.49. The predicted molar refractivity (Wildman–Crippen MR) is 71.0 cm³/mol. The lowest BCUT2D eigenvalue weighted by Crippen LogP contribution is -2.42. The summed E-state index contributed by atoms with van der Waals surface area (Å²) in [5.41, 5.74) is 7.11. The average molecular weight is 262 g/mol. The van der Waals surface area contributed by atoms with E-state index in [-0.39, 0.29) is 23.7 Å². The Bertz CT molecular complexity index is 501. The van der Waals surface area contributed by atoms with Crippen LogP contribution >= 0.6 is 0 Å². The molecule has 102 valence electrons. The van der Waals surface area contributed by atoms with E-state index < -0.39 is 0 Å². The molecule has 2 rings (SSSR count). The second-order valence-electron chi connectivity index (χ2n) is 4.89. The quantitative estimate of drug-likeness (QED) is 0.328. The number of pyridine rings is 1. The molecule has 2 atom stereocenters. The Kier molecular flexibility index (Phi) is 3.99. The fourth-order valence-corrected chi connectivity index (χ4v) is 2.49. The van der Waals surface area contributed by atoms with Crippen molar-refractivity contribution in [3.05, 3.63) is 29.6 Å². The molecule has 1 heterocycles. The van der Waals surface area contributed by atoms with Gasteiger partial charge >= 0.3 is 0 Å². The third-order valence-electron chi connectivity index (χ3n) is 3.46. The van der Waals surface area contributed by atoms with Crippen molar-refractivity contribution in [2.24, 2.45) is 16.8 Å². The van der Waals surface area contributed by atoms with Crippen LogP contribution in [-0.4, -0.2) is 28.0 Å². The van der Waals surface area contributed by atoms with Crippen molar-refractivity contribution < 1.29 is 10.0 Å². The summed E-state index contributed by atoms with van der Waals surface area (Å²) in [4.78, 5) is 16.1. The molecule has 0 saturated heterocycles. The first-order chi connectivity index (χ1) is 9.11. The number of oxime groups is 1. The summed E-state index contributed by atoms with van der Waals surface area (Å²) in [5.74, 6) is -0.0734. The Balaban J connectivity index is 2.06. The maximum atomic E-state index is 12.1. The van der Waals surface area contributed by atoms with Crippen LogP contribution in [0, 0.1) is 12.8 Å². The summed E-state index contributed by atoms with van der Waals surface area (Å²) in [5, 5.41) is 14.7. The van der Waals surface area contributed by atoms with Crippen LogP contribution in [0.5, 0.6) is 0 Å². The SMILES string of the molecule is Cc1cncc(C(=O)NC2CCCC2C(N)=NO)c1. The molecule has 1 aliphatic carbocycles. The summed E-state index contributed by atoms with van der Waals surface area (Å²) in [6.07, 6.45) is 5.86. The molecule has 2 unspecified atom stereocenters. The van der Waals surface area contributed by atoms with E-state index in [1.807, 2.05) is 6.92 Å². The second kappa shape index (κ2) is 5.69. The number of nitrogens with zero attached hydrogens (tertiary/aromatic N) is 2. The number of rotatable bonds is 3. The second-order valence-corrected chi connectivity index (χ2v) is 4.89. The lowest BCUT2D eigenvalue weighted by Gasteiger charge is -2.19. The van der Waals surface area contributed by atoms with E-state index in [1.165, 1.54) is 6.20 Å². The average Bonchev–Trinajstić information content (AvgIpc) is 2.86. The predicted octanol–water partition coefficient (Wildman–Crippen LogP) is 1.03. The zero-order valence-electron chi connectivity index (χ0n) is 10.8. The van der Waals surface area contributed by atoms with Gasteiger partial charge in [-0.2, -0.15) is 0 Å². The molecule has 0 bridgehead atoms. The van der Waals surface area contributed by atoms with Crippen LogP contribution in [0.3, 0.4) is 0 Å². The molecule has 19 heavy (non-hydrogen) atoms. The lowest BCUT2D eigenvalue weighted by atomic mass is 10.0. The van der Waals surface area contributed by atoms with Crippen molar-refractivity contribution >= 4 is 11.7 Å². The zero-order valence-corrected chi connectivity index (χ0v) is 10.8. The van der Waals surface area contributed by atoms with E-state index in [1.54, 1.807) is 12.3 Å². The molecule has 0 radical (unpaired) electrons. The topological polar surface area (TPSA) is 101 Å². The van der Waals surface area contributed by atoms with E-state index in [0.29, 0.717) is 5.56 Å². The van der Waals surface area contributed by atoms with Crippen molar-refractivity contribution in [1.82, 2.24) is 10.3 Å². The number of nitrogens with one attached hydrogen (secondary N) is 1. The van der Waals surface area contributed by atoms with E-state index >= 15 is 0 Å². The van der Waals surface area contributed by atoms with Crippen LogP contribution in [0.2, 0.25) is 0 Å². The minimum atomic E-state index is -0.168. The van der Waals surface area contributed by atoms with Crippen LogP contribution in [0.25, 0.3) is 0 Å². The van der Waals surface area contributed by atoms with Crippen molar-refractivity contribution in [3.63, 3.8) is 0 Å². The van der Waals surface area contributed by atoms with E-state index in [0.717, 1.165) is 24.8 Å². The van der Waals surface area contributed by atoms with E-state index in [9.17, 15) is 4.79 Å². The molecule has 1 aromatic heterocycles. The maximum Gasteiger partial charge on any atom is 0.253 e. The van der Waals surface area contributed by atoms with Gasteiger partial charge in [-0.1, -0.05) is 11.6 Å². The largest absolute Gasteiger partial charge is 0.409 e. The maximum absolute atomic E-state index is 12.1. The van der Waals surface area contributed by atoms with E-state index in [4.69, 9.17) is 10.9 Å². The number of amidine groups is 1. The number of carbonyl (C=O) groups is 1. The number of aryl methyl sites for hydroxylation is 1. The summed E-state index contributed by atoms with van der Waals surface area (Å²) in [7, 11) is 0. The Hall–Kier alpha value is -2.11. The third-order valence-corrected chi connectivity index (χ3v) is 3.46. The van der Waals surface area contributed by atoms with Gasteiger partial charge in [0.15, 0.2) is 0 Å². The van der Waals surface area contributed by atoms with Crippen molar-refractivity contribution in [1.29, 1.82) is 0 Å². The molecule has 6 heteroatoms. The molecule has 1 saturated carbocycles. The van der Waals surface area contributed by atoms with E-state index in [2.05, 4.69) is 15.5 Å². The number of amides is 1. The normalized spacial score (nSPS) is 23.3. The number of aromatic nitrogens is 1. The smallest absolute Gasteiger partial charge is 0.253 e. The molecular formula is C13H18N4O2. The first-order valence-corrected chi connectivity index (χ1v) is 6.31. The molecular weight excluding hydrogens is 244 g/mol. The highest BCUT2D eigenvalue weighted by molar-refractivity contribution is 5.95. The molecule has 1 aromatic rings. The van der Waals surface area contributed by atoms with Crippen LogP contribution in [0.15, 0.2) is 23.6 Å². The third kappa shape index (κ3) is 3.01. The van der Waals surface area contributed by atoms with Crippen LogP contribution in [0.1, 0.15) is 35.2 Å². The minimum absolute atomic E-state index is 0.0797. The van der Waals surface area contributed by atoms with Gasteiger partial charge < -0.3 is 16.3 Å². The van der Waals surface area contributed by atoms with Crippen molar-refractivity contribution in [2.45, 2.75) is 32.2 Å². The highest BCUT2D eigenvalue weighted by Gasteiger charge is 2.31. The molecule has 1 fully saturated rings. The van der Waals surface area contributed by atoms with Gasteiger partial charge in [0.2, 0.25) is 0 Å². The van der Waals surface area contributed by atoms with Crippen LogP contribution < -0.4 is 11.1 Å². The zero-order chi connectivity index (χ0) is 13.8. The van der Waals surface area contributed by atoms with Crippen molar-refractivity contribution in [3.8, 4) is 0 Å². The highest BCUT2D eigenvalue weighted by atomic mass is 16.4. The fraction of sp³-hybridized carbons (Fsp3) is 0.462. The summed E-state index contributed by atoms with van der Waals surface area (Å²) in [6, 6.07) is 1.71. The minimum Gasteiger partial charge on any atom is -0.409 e. The highest BCUT2D eigenvalue weighted by Crippen LogP contribution is 2.26. The van der Waals surface area contributed by atoms with Gasteiger partial charge in [0.1, 0.15) is 5.84 Å². The summed E-state index contributed by atoms with van der Waals surface area (Å²) >= 11 is 0. The van der Waals surface area contributed by atoms with Gasteiger partial charge in [0.25, 0.3) is 5.91 Å². The summed E-state index contributed by atoms with van der Waals surface area (Å²) in [6.45, 7) is 1.89. The van der Waals surface area contributed by atoms with Crippen molar-refractivity contribution in [2.75, 3.05) is 0 Å². The van der Waals surface area contributed by atoms with Crippen LogP contribution in [0.4, 0.5) is 0 Å². The first-order valence-electron chi connectivity index (χ1n) is 6.31. The molecule has 1 aliphatic rings. The monoisotopic (exact) mass is 262 g/mol. The lowest BCUT2D eigenvalue weighted by molar-refractivity contribution is 0.0933. The Morgan fingerprint density at radius 2 is 2.32 bits per heavy atom. The molecule has 6 nitrogen and oxygen atoms in total. The molecule has 4 N–H and O–H groups in total.